The van der Waals surface area contributed by atoms with Gasteiger partial charge in [-0.2, -0.15) is 0 Å². The van der Waals surface area contributed by atoms with E-state index >= 15 is 0 Å². The summed E-state index contributed by atoms with van der Waals surface area (Å²) in [7, 11) is 0. The second-order valence-electron chi connectivity index (χ2n) is 7.14. The highest BCUT2D eigenvalue weighted by atomic mass is 16.7. The van der Waals surface area contributed by atoms with Crippen LogP contribution in [-0.2, 0) is 42.9 Å². The summed E-state index contributed by atoms with van der Waals surface area (Å²) in [6.45, 7) is 4.35. The lowest BCUT2D eigenvalue weighted by molar-refractivity contribution is -0.257. The zero-order chi connectivity index (χ0) is 23.4. The first-order valence-corrected chi connectivity index (χ1v) is 9.81. The molecule has 0 radical (unpaired) electrons. The third-order valence-electron chi connectivity index (χ3n) is 4.54. The minimum Gasteiger partial charge on any atom is -0.463 e. The number of oxazole rings is 1. The van der Waals surface area contributed by atoms with Crippen LogP contribution in [-0.4, -0.2) is 59.9 Å². The first-order chi connectivity index (χ1) is 15.2. The standard InChI is InChI=1S/C21H23NO10/c1-10(23)27-9-16-17(28-11(2)24)18(29-12(3)25)19(30-13(4)26)20(31-16)21-22-14-7-5-6-8-15(14)32-21/h5-8,16-20H,9H2,1-4H3/t16-,17-,18+,19-,20-/m1/s1. The lowest BCUT2D eigenvalue weighted by atomic mass is 9.94. The number of carbonyl (C=O) groups excluding carboxylic acids is 4. The number of rotatable bonds is 6. The molecule has 0 aliphatic carbocycles. The number of fused-ring (bicyclic) bond motifs is 1. The predicted molar refractivity (Wildman–Crippen MR) is 105 cm³/mol. The van der Waals surface area contributed by atoms with Gasteiger partial charge in [0, 0.05) is 27.7 Å². The normalized spacial score (nSPS) is 25.1. The highest BCUT2D eigenvalue weighted by molar-refractivity contribution is 5.72. The number of esters is 4. The van der Waals surface area contributed by atoms with Crippen molar-refractivity contribution in [2.75, 3.05) is 6.61 Å². The molecule has 0 amide bonds. The fourth-order valence-corrected chi connectivity index (χ4v) is 3.44. The SMILES string of the molecule is CC(=O)OC[C@H]1O[C@@H](c2nc3ccccc3o2)[C@H](OC(C)=O)[C@@H](OC(C)=O)[C@@H]1OC(C)=O. The Morgan fingerprint density at radius 3 is 2.03 bits per heavy atom. The van der Waals surface area contributed by atoms with Crippen molar-refractivity contribution in [2.45, 2.75) is 58.2 Å². The summed E-state index contributed by atoms with van der Waals surface area (Å²) in [4.78, 5) is 51.3. The maximum atomic E-state index is 11.9. The number of nitrogens with zero attached hydrogens (tertiary/aromatic N) is 1. The Bertz CT molecular complexity index is 982. The zero-order valence-electron chi connectivity index (χ0n) is 17.9. The monoisotopic (exact) mass is 449 g/mol. The van der Waals surface area contributed by atoms with Crippen LogP contribution in [0.3, 0.4) is 0 Å². The van der Waals surface area contributed by atoms with Gasteiger partial charge in [0.25, 0.3) is 0 Å². The fraction of sp³-hybridized carbons (Fsp3) is 0.476. The Morgan fingerprint density at radius 1 is 0.844 bits per heavy atom. The molecule has 11 nitrogen and oxygen atoms in total. The molecule has 0 saturated carbocycles. The molecule has 1 aromatic heterocycles. The molecule has 0 unspecified atom stereocenters. The smallest absolute Gasteiger partial charge is 0.303 e. The van der Waals surface area contributed by atoms with Crippen molar-refractivity contribution < 1.29 is 47.3 Å². The van der Waals surface area contributed by atoms with Gasteiger partial charge in [0.1, 0.15) is 18.2 Å². The van der Waals surface area contributed by atoms with Crippen LogP contribution in [0.25, 0.3) is 11.1 Å². The molecule has 172 valence electrons. The van der Waals surface area contributed by atoms with E-state index in [1.807, 2.05) is 0 Å². The summed E-state index contributed by atoms with van der Waals surface area (Å²) in [5.74, 6) is -2.67. The van der Waals surface area contributed by atoms with Gasteiger partial charge >= 0.3 is 23.9 Å². The molecule has 0 N–H and O–H groups in total. The van der Waals surface area contributed by atoms with Crippen molar-refractivity contribution in [3.8, 4) is 0 Å². The Kier molecular flexibility index (Phi) is 7.08. The van der Waals surface area contributed by atoms with E-state index in [4.69, 9.17) is 28.1 Å². The molecule has 32 heavy (non-hydrogen) atoms. The van der Waals surface area contributed by atoms with E-state index in [1.165, 1.54) is 13.8 Å². The van der Waals surface area contributed by atoms with E-state index in [0.717, 1.165) is 13.8 Å². The van der Waals surface area contributed by atoms with Gasteiger partial charge in [0.05, 0.1) is 0 Å². The van der Waals surface area contributed by atoms with E-state index in [2.05, 4.69) is 4.98 Å². The third-order valence-corrected chi connectivity index (χ3v) is 4.54. The van der Waals surface area contributed by atoms with Crippen molar-refractivity contribution in [3.63, 3.8) is 0 Å². The number of hydrogen-bond acceptors (Lipinski definition) is 11. The van der Waals surface area contributed by atoms with Crippen LogP contribution in [0.5, 0.6) is 0 Å². The van der Waals surface area contributed by atoms with Gasteiger partial charge in [-0.05, 0) is 12.1 Å². The second-order valence-corrected chi connectivity index (χ2v) is 7.14. The Balaban J connectivity index is 2.07. The number of para-hydroxylation sites is 2. The van der Waals surface area contributed by atoms with Crippen LogP contribution < -0.4 is 0 Å². The first-order valence-electron chi connectivity index (χ1n) is 9.81. The van der Waals surface area contributed by atoms with Gasteiger partial charge in [-0.1, -0.05) is 12.1 Å². The topological polar surface area (TPSA) is 140 Å². The van der Waals surface area contributed by atoms with Gasteiger partial charge < -0.3 is 28.1 Å². The highest BCUT2D eigenvalue weighted by Gasteiger charge is 2.54. The molecule has 1 fully saturated rings. The number of hydrogen-bond donors (Lipinski definition) is 0. The number of benzene rings is 1. The lowest BCUT2D eigenvalue weighted by Gasteiger charge is -2.43. The largest absolute Gasteiger partial charge is 0.463 e. The molecule has 5 atom stereocenters. The molecule has 1 aliphatic rings. The second kappa shape index (κ2) is 9.77. The summed E-state index contributed by atoms with van der Waals surface area (Å²) in [6.07, 6.45) is -6.00. The maximum absolute atomic E-state index is 11.9. The van der Waals surface area contributed by atoms with E-state index in [-0.39, 0.29) is 12.5 Å². The van der Waals surface area contributed by atoms with Crippen LogP contribution in [0, 0.1) is 0 Å². The molecule has 1 saturated heterocycles. The summed E-state index contributed by atoms with van der Waals surface area (Å²) in [6, 6.07) is 6.93. The molecule has 1 aliphatic heterocycles. The molecule has 2 heterocycles. The summed E-state index contributed by atoms with van der Waals surface area (Å²) in [5.41, 5.74) is 0.978. The minimum atomic E-state index is -1.28. The van der Waals surface area contributed by atoms with Crippen molar-refractivity contribution in [3.05, 3.63) is 30.2 Å². The zero-order valence-corrected chi connectivity index (χ0v) is 17.9. The molecular formula is C21H23NO10. The summed E-state index contributed by atoms with van der Waals surface area (Å²) < 4.78 is 33.0. The average molecular weight is 449 g/mol. The van der Waals surface area contributed by atoms with Crippen LogP contribution in [0.15, 0.2) is 28.7 Å². The van der Waals surface area contributed by atoms with Gasteiger partial charge in [-0.25, -0.2) is 4.98 Å². The Hall–Kier alpha value is -3.47. The van der Waals surface area contributed by atoms with Gasteiger partial charge in [0.15, 0.2) is 30.0 Å². The van der Waals surface area contributed by atoms with Crippen LogP contribution in [0.4, 0.5) is 0 Å². The summed E-state index contributed by atoms with van der Waals surface area (Å²) >= 11 is 0. The summed E-state index contributed by atoms with van der Waals surface area (Å²) in [5, 5.41) is 0. The van der Waals surface area contributed by atoms with Crippen molar-refractivity contribution in [2.24, 2.45) is 0 Å². The number of aromatic nitrogens is 1. The van der Waals surface area contributed by atoms with E-state index in [9.17, 15) is 19.2 Å². The van der Waals surface area contributed by atoms with Crippen LogP contribution in [0.1, 0.15) is 39.7 Å². The van der Waals surface area contributed by atoms with E-state index in [1.54, 1.807) is 24.3 Å². The molecule has 1 aromatic carbocycles. The number of ether oxygens (including phenoxy) is 5. The van der Waals surface area contributed by atoms with E-state index < -0.39 is 54.4 Å². The third kappa shape index (κ3) is 5.41. The van der Waals surface area contributed by atoms with Crippen LogP contribution >= 0.6 is 0 Å². The average Bonchev–Trinajstić information content (AvgIpc) is 3.12. The molecule has 11 heteroatoms. The lowest BCUT2D eigenvalue weighted by Crippen LogP contribution is -2.59. The van der Waals surface area contributed by atoms with Crippen LogP contribution in [0.2, 0.25) is 0 Å². The highest BCUT2D eigenvalue weighted by Crippen LogP contribution is 2.38. The Morgan fingerprint density at radius 2 is 1.44 bits per heavy atom. The molecule has 0 spiro atoms. The molecule has 3 rings (SSSR count). The molecular weight excluding hydrogens is 426 g/mol. The van der Waals surface area contributed by atoms with Crippen molar-refractivity contribution in [1.82, 2.24) is 4.98 Å². The van der Waals surface area contributed by atoms with E-state index in [0.29, 0.717) is 11.1 Å². The fourth-order valence-electron chi connectivity index (χ4n) is 3.44. The quantitative estimate of drug-likeness (QED) is 0.469. The molecule has 0 bridgehead atoms. The van der Waals surface area contributed by atoms with Gasteiger partial charge in [0.2, 0.25) is 5.89 Å². The van der Waals surface area contributed by atoms with Crippen molar-refractivity contribution >= 4 is 35.0 Å². The first kappa shape index (κ1) is 23.2. The van der Waals surface area contributed by atoms with Crippen molar-refractivity contribution in [1.29, 1.82) is 0 Å². The van der Waals surface area contributed by atoms with Gasteiger partial charge in [-0.3, -0.25) is 19.2 Å². The Labute approximate surface area is 182 Å². The molecule has 2 aromatic rings. The minimum absolute atomic E-state index is 0.0451. The predicted octanol–water partition coefficient (Wildman–Crippen LogP) is 1.63. The number of carbonyl (C=O) groups is 4. The maximum Gasteiger partial charge on any atom is 0.303 e. The van der Waals surface area contributed by atoms with Gasteiger partial charge in [-0.15, -0.1) is 0 Å².